The summed E-state index contributed by atoms with van der Waals surface area (Å²) in [5.41, 5.74) is 13.7. The number of benzene rings is 1. The fourth-order valence-electron chi connectivity index (χ4n) is 6.25. The van der Waals surface area contributed by atoms with Crippen molar-refractivity contribution in [3.05, 3.63) is 58.2 Å². The molecule has 37 heavy (non-hydrogen) atoms. The number of hydrogen-bond donors (Lipinski definition) is 2. The molecular weight excluding hydrogens is 511 g/mol. The zero-order chi connectivity index (χ0) is 26.0. The van der Waals surface area contributed by atoms with Crippen LogP contribution in [-0.2, 0) is 6.42 Å². The molecule has 8 nitrogen and oxygen atoms in total. The molecule has 192 valence electrons. The van der Waals surface area contributed by atoms with Crippen LogP contribution in [0.25, 0.3) is 15.4 Å². The van der Waals surface area contributed by atoms with Gasteiger partial charge < -0.3 is 16.4 Å². The number of aromatic nitrogens is 3. The van der Waals surface area contributed by atoms with Crippen molar-refractivity contribution in [3.63, 3.8) is 0 Å². The highest BCUT2D eigenvalue weighted by molar-refractivity contribution is 7.19. The molecular formula is C26H27FN6O2S2. The average Bonchev–Trinajstić information content (AvgIpc) is 3.62. The molecule has 4 atom stereocenters. The predicted molar refractivity (Wildman–Crippen MR) is 142 cm³/mol. The molecule has 11 heteroatoms. The van der Waals surface area contributed by atoms with Gasteiger partial charge in [0.25, 0.3) is 11.8 Å². The molecule has 4 N–H and O–H groups in total. The lowest BCUT2D eigenvalue weighted by Gasteiger charge is -2.28. The number of carbonyl (C=O) groups is 2. The van der Waals surface area contributed by atoms with E-state index < -0.39 is 5.91 Å². The first-order chi connectivity index (χ1) is 17.7. The van der Waals surface area contributed by atoms with Crippen LogP contribution in [0.3, 0.4) is 0 Å². The minimum Gasteiger partial charge on any atom is -0.375 e. The average molecular weight is 539 g/mol. The van der Waals surface area contributed by atoms with Gasteiger partial charge in [0.1, 0.15) is 17.2 Å². The number of carbonyl (C=O) groups excluding carboxylic acids is 2. The van der Waals surface area contributed by atoms with E-state index in [4.69, 9.17) is 11.5 Å². The second-order valence-corrected chi connectivity index (χ2v) is 12.4. The van der Waals surface area contributed by atoms with Crippen molar-refractivity contribution in [1.29, 1.82) is 0 Å². The van der Waals surface area contributed by atoms with Gasteiger partial charge in [-0.05, 0) is 55.2 Å². The number of likely N-dealkylation sites (tertiary alicyclic amines) is 1. The molecule has 2 amide bonds. The van der Waals surface area contributed by atoms with Crippen LogP contribution in [0.1, 0.15) is 51.3 Å². The highest BCUT2D eigenvalue weighted by Crippen LogP contribution is 2.47. The third-order valence-electron chi connectivity index (χ3n) is 7.72. The predicted octanol–water partition coefficient (Wildman–Crippen LogP) is 4.38. The summed E-state index contributed by atoms with van der Waals surface area (Å²) in [5, 5.41) is 0.307. The van der Waals surface area contributed by atoms with E-state index in [0.717, 1.165) is 28.2 Å². The van der Waals surface area contributed by atoms with Crippen molar-refractivity contribution in [1.82, 2.24) is 19.3 Å². The number of fused-ring (bicyclic) bond motifs is 2. The maximum Gasteiger partial charge on any atom is 0.274 e. The van der Waals surface area contributed by atoms with Crippen LogP contribution in [0, 0.1) is 30.5 Å². The number of rotatable bonds is 5. The molecule has 2 aliphatic rings. The van der Waals surface area contributed by atoms with Gasteiger partial charge in [0.2, 0.25) is 0 Å². The van der Waals surface area contributed by atoms with Gasteiger partial charge in [-0.3, -0.25) is 14.0 Å². The van der Waals surface area contributed by atoms with E-state index in [9.17, 15) is 14.0 Å². The molecule has 1 unspecified atom stereocenters. The Morgan fingerprint density at radius 1 is 1.16 bits per heavy atom. The summed E-state index contributed by atoms with van der Waals surface area (Å²) in [6.45, 7) is 4.73. The van der Waals surface area contributed by atoms with Crippen LogP contribution in [0.5, 0.6) is 0 Å². The Morgan fingerprint density at radius 2 is 1.92 bits per heavy atom. The summed E-state index contributed by atoms with van der Waals surface area (Å²) < 4.78 is 15.3. The zero-order valence-corrected chi connectivity index (χ0v) is 22.1. The minimum absolute atomic E-state index is 0.00655. The van der Waals surface area contributed by atoms with Crippen molar-refractivity contribution >= 4 is 44.6 Å². The quantitative estimate of drug-likeness (QED) is 0.391. The van der Waals surface area contributed by atoms with Crippen LogP contribution in [0.15, 0.2) is 30.5 Å². The first-order valence-electron chi connectivity index (χ1n) is 12.3. The molecule has 4 heterocycles. The van der Waals surface area contributed by atoms with Crippen LogP contribution in [0.4, 0.5) is 9.52 Å². The van der Waals surface area contributed by atoms with Gasteiger partial charge in [0.05, 0.1) is 10.6 Å². The SMILES string of the molecule is Cc1nc2sc(C[C@H]3[C@H]4CC(C)C[C@H]4CN3C(=O)c3nc(N)sc3-c3ccc(F)cc3)cn2c1C(N)=O. The van der Waals surface area contributed by atoms with Gasteiger partial charge in [-0.2, -0.15) is 0 Å². The number of nitrogen functional groups attached to an aromatic ring is 1. The third-order valence-corrected chi connectivity index (χ3v) is 9.66. The summed E-state index contributed by atoms with van der Waals surface area (Å²) in [4.78, 5) is 39.3. The fraction of sp³-hybridized carbons (Fsp3) is 0.385. The first kappa shape index (κ1) is 24.1. The number of anilines is 1. The van der Waals surface area contributed by atoms with Gasteiger partial charge >= 0.3 is 0 Å². The number of halogens is 1. The molecule has 1 aromatic carbocycles. The number of nitrogens with two attached hydrogens (primary N) is 2. The number of amides is 2. The van der Waals surface area contributed by atoms with E-state index in [0.29, 0.717) is 57.8 Å². The second-order valence-electron chi connectivity index (χ2n) is 10.2. The van der Waals surface area contributed by atoms with E-state index in [-0.39, 0.29) is 17.8 Å². The second kappa shape index (κ2) is 8.91. The van der Waals surface area contributed by atoms with Crippen LogP contribution in [-0.4, -0.2) is 43.7 Å². The Hall–Kier alpha value is -3.31. The molecule has 1 saturated carbocycles. The number of primary amides is 1. The largest absolute Gasteiger partial charge is 0.375 e. The summed E-state index contributed by atoms with van der Waals surface area (Å²) in [5.74, 6) is 0.440. The molecule has 3 aromatic heterocycles. The van der Waals surface area contributed by atoms with Crippen molar-refractivity contribution in [2.75, 3.05) is 12.3 Å². The Labute approximate surface area is 221 Å². The Morgan fingerprint density at radius 3 is 2.65 bits per heavy atom. The number of nitrogens with zero attached hydrogens (tertiary/aromatic N) is 4. The zero-order valence-electron chi connectivity index (χ0n) is 20.5. The van der Waals surface area contributed by atoms with Crippen molar-refractivity contribution < 1.29 is 14.0 Å². The van der Waals surface area contributed by atoms with E-state index in [1.807, 2.05) is 11.1 Å². The lowest BCUT2D eigenvalue weighted by atomic mass is 9.91. The smallest absolute Gasteiger partial charge is 0.274 e. The molecule has 0 radical (unpaired) electrons. The van der Waals surface area contributed by atoms with E-state index in [1.165, 1.54) is 34.8 Å². The lowest BCUT2D eigenvalue weighted by Crippen LogP contribution is -2.40. The molecule has 6 rings (SSSR count). The number of thiazole rings is 2. The highest BCUT2D eigenvalue weighted by Gasteiger charge is 2.48. The number of hydrogen-bond acceptors (Lipinski definition) is 7. The van der Waals surface area contributed by atoms with Gasteiger partial charge in [-0.25, -0.2) is 14.4 Å². The normalized spacial score (nSPS) is 23.2. The van der Waals surface area contributed by atoms with Crippen molar-refractivity contribution in [3.8, 4) is 10.4 Å². The van der Waals surface area contributed by atoms with Crippen LogP contribution in [0.2, 0.25) is 0 Å². The summed E-state index contributed by atoms with van der Waals surface area (Å²) in [6.07, 6.45) is 4.75. The van der Waals surface area contributed by atoms with Gasteiger partial charge in [-0.1, -0.05) is 30.4 Å². The fourth-order valence-corrected chi connectivity index (χ4v) is 8.15. The monoisotopic (exact) mass is 538 g/mol. The summed E-state index contributed by atoms with van der Waals surface area (Å²) >= 11 is 2.76. The van der Waals surface area contributed by atoms with E-state index in [1.54, 1.807) is 23.5 Å². The highest BCUT2D eigenvalue weighted by atomic mass is 32.1. The standard InChI is InChI=1S/C26H27FN6O2S2/c1-12-7-15-10-32(24(35)20-22(37-25(29)31-20)14-3-5-16(27)6-4-14)19(18(15)8-12)9-17-11-33-21(23(28)34)13(2)30-26(33)36-17/h3-6,11-12,15,18-19H,7-10H2,1-2H3,(H2,28,34)(H2,29,31)/t12?,15-,18-,19-/m0/s1. The van der Waals surface area contributed by atoms with Gasteiger partial charge in [-0.15, -0.1) is 11.3 Å². The number of imidazole rings is 1. The summed E-state index contributed by atoms with van der Waals surface area (Å²) in [6, 6.07) is 6.04. The van der Waals surface area contributed by atoms with Gasteiger partial charge in [0.15, 0.2) is 10.1 Å². The molecule has 4 aromatic rings. The molecule has 2 fully saturated rings. The topological polar surface area (TPSA) is 120 Å². The third kappa shape index (κ3) is 4.10. The molecule has 0 bridgehead atoms. The maximum absolute atomic E-state index is 14.0. The van der Waals surface area contributed by atoms with Gasteiger partial charge in [0, 0.05) is 30.1 Å². The lowest BCUT2D eigenvalue weighted by molar-refractivity contribution is 0.0705. The Bertz CT molecular complexity index is 1520. The van der Waals surface area contributed by atoms with Crippen molar-refractivity contribution in [2.24, 2.45) is 23.5 Å². The van der Waals surface area contributed by atoms with Crippen LogP contribution < -0.4 is 11.5 Å². The van der Waals surface area contributed by atoms with E-state index >= 15 is 0 Å². The van der Waals surface area contributed by atoms with Crippen molar-refractivity contribution in [2.45, 2.75) is 39.2 Å². The first-order valence-corrected chi connectivity index (χ1v) is 13.9. The molecule has 1 aliphatic heterocycles. The summed E-state index contributed by atoms with van der Waals surface area (Å²) in [7, 11) is 0. The number of aryl methyl sites for hydroxylation is 1. The van der Waals surface area contributed by atoms with E-state index in [2.05, 4.69) is 16.9 Å². The molecule has 0 spiro atoms. The Kier molecular flexibility index (Phi) is 5.79. The molecule has 1 saturated heterocycles. The molecule has 1 aliphatic carbocycles. The minimum atomic E-state index is -0.508. The van der Waals surface area contributed by atoms with Crippen LogP contribution >= 0.6 is 22.7 Å². The Balaban J connectivity index is 1.35. The maximum atomic E-state index is 14.0.